The van der Waals surface area contributed by atoms with E-state index in [0.29, 0.717) is 23.5 Å². The van der Waals surface area contributed by atoms with Crippen LogP contribution in [0.5, 0.6) is 0 Å². The summed E-state index contributed by atoms with van der Waals surface area (Å²) in [6.07, 6.45) is 1.47. The minimum atomic E-state index is -3.91. The van der Waals surface area contributed by atoms with E-state index in [2.05, 4.69) is 19.9 Å². The maximum Gasteiger partial charge on any atom is 0.284 e. The first kappa shape index (κ1) is 19.7. The Kier molecular flexibility index (Phi) is 5.32. The lowest BCUT2D eigenvalue weighted by atomic mass is 10.1. The average Bonchev–Trinajstić information content (AvgIpc) is 3.03. The molecule has 2 aromatic rings. The van der Waals surface area contributed by atoms with Crippen LogP contribution in [0.25, 0.3) is 0 Å². The topological polar surface area (TPSA) is 125 Å². The van der Waals surface area contributed by atoms with Crippen molar-refractivity contribution in [1.29, 1.82) is 0 Å². The van der Waals surface area contributed by atoms with Crippen molar-refractivity contribution in [2.75, 3.05) is 18.9 Å². The fourth-order valence-electron chi connectivity index (χ4n) is 2.93. The Balaban J connectivity index is 1.89. The maximum absolute atomic E-state index is 12.6. The summed E-state index contributed by atoms with van der Waals surface area (Å²) < 4.78 is 29.1. The lowest BCUT2D eigenvalue weighted by Crippen LogP contribution is -2.26. The number of hydrogen-bond acceptors (Lipinski definition) is 5. The zero-order valence-electron chi connectivity index (χ0n) is 15.8. The molecule has 1 saturated heterocycles. The van der Waals surface area contributed by atoms with Crippen molar-refractivity contribution >= 4 is 27.5 Å². The number of nitrogens with one attached hydrogen (secondary N) is 2. The fourth-order valence-corrected chi connectivity index (χ4v) is 4.07. The van der Waals surface area contributed by atoms with Gasteiger partial charge in [0.05, 0.1) is 10.6 Å². The van der Waals surface area contributed by atoms with Gasteiger partial charge >= 0.3 is 0 Å². The van der Waals surface area contributed by atoms with Crippen molar-refractivity contribution in [1.82, 2.24) is 15.1 Å². The predicted molar refractivity (Wildman–Crippen MR) is 105 cm³/mol. The Bertz CT molecular complexity index is 1120. The molecule has 0 spiro atoms. The molecule has 0 radical (unpaired) electrons. The van der Waals surface area contributed by atoms with Gasteiger partial charge in [0.1, 0.15) is 11.4 Å². The van der Waals surface area contributed by atoms with Crippen molar-refractivity contribution < 1.29 is 13.2 Å². The minimum Gasteiger partial charge on any atom is -0.362 e. The van der Waals surface area contributed by atoms with E-state index in [-0.39, 0.29) is 16.1 Å². The highest BCUT2D eigenvalue weighted by molar-refractivity contribution is 7.90. The van der Waals surface area contributed by atoms with E-state index in [4.69, 9.17) is 0 Å². The Morgan fingerprint density at radius 3 is 2.75 bits per heavy atom. The number of amidine groups is 1. The lowest BCUT2D eigenvalue weighted by Gasteiger charge is -2.11. The Labute approximate surface area is 162 Å². The molecule has 0 bridgehead atoms. The quantitative estimate of drug-likeness (QED) is 0.796. The smallest absolute Gasteiger partial charge is 0.284 e. The second-order valence-electron chi connectivity index (χ2n) is 6.63. The van der Waals surface area contributed by atoms with Crippen molar-refractivity contribution in [2.45, 2.75) is 31.6 Å². The maximum atomic E-state index is 12.6. The molecule has 3 rings (SSSR count). The molecule has 1 amide bonds. The van der Waals surface area contributed by atoms with Crippen LogP contribution in [-0.2, 0) is 10.0 Å². The number of benzene rings is 1. The number of anilines is 1. The van der Waals surface area contributed by atoms with Crippen molar-refractivity contribution in [3.05, 3.63) is 51.4 Å². The number of carbonyl (C=O) groups excluding carboxylic acids is 1. The van der Waals surface area contributed by atoms with Gasteiger partial charge < -0.3 is 10.2 Å². The highest BCUT2D eigenvalue weighted by Gasteiger charge is 2.21. The number of amides is 1. The van der Waals surface area contributed by atoms with Crippen LogP contribution < -0.4 is 10.9 Å². The molecule has 1 aromatic heterocycles. The summed E-state index contributed by atoms with van der Waals surface area (Å²) in [5, 5.41) is 8.66. The van der Waals surface area contributed by atoms with Crippen LogP contribution in [0.2, 0.25) is 0 Å². The number of aromatic nitrogens is 2. The number of carbonyl (C=O) groups is 1. The summed E-state index contributed by atoms with van der Waals surface area (Å²) in [5.74, 6) is -0.121. The van der Waals surface area contributed by atoms with E-state index < -0.39 is 21.5 Å². The Morgan fingerprint density at radius 2 is 2.07 bits per heavy atom. The Morgan fingerprint density at radius 1 is 1.32 bits per heavy atom. The zero-order chi connectivity index (χ0) is 20.5. The molecule has 9 nitrogen and oxygen atoms in total. The summed E-state index contributed by atoms with van der Waals surface area (Å²) in [7, 11) is -2.11. The van der Waals surface area contributed by atoms with E-state index in [9.17, 15) is 18.0 Å². The third-order valence-electron chi connectivity index (χ3n) is 4.65. The first-order valence-electron chi connectivity index (χ1n) is 8.71. The number of nitrogens with zero attached hydrogens (tertiary/aromatic N) is 3. The summed E-state index contributed by atoms with van der Waals surface area (Å²) >= 11 is 0. The Hall–Kier alpha value is -3.01. The molecule has 1 aliphatic rings. The summed E-state index contributed by atoms with van der Waals surface area (Å²) in [6, 6.07) is 5.79. The van der Waals surface area contributed by atoms with Crippen LogP contribution in [-0.4, -0.2) is 48.9 Å². The highest BCUT2D eigenvalue weighted by atomic mass is 32.2. The summed E-state index contributed by atoms with van der Waals surface area (Å²) in [6.45, 7) is 4.07. The molecule has 2 heterocycles. The van der Waals surface area contributed by atoms with Gasteiger partial charge in [-0.3, -0.25) is 9.59 Å². The van der Waals surface area contributed by atoms with Crippen LogP contribution in [0, 0.1) is 13.8 Å². The van der Waals surface area contributed by atoms with Gasteiger partial charge in [0.15, 0.2) is 0 Å². The molecule has 0 aliphatic carbocycles. The van der Waals surface area contributed by atoms with Gasteiger partial charge in [-0.1, -0.05) is 6.07 Å². The fraction of sp³-hybridized carbons (Fsp3) is 0.333. The van der Waals surface area contributed by atoms with Crippen LogP contribution in [0.4, 0.5) is 5.69 Å². The average molecular weight is 403 g/mol. The third kappa shape index (κ3) is 3.96. The van der Waals surface area contributed by atoms with E-state index in [1.54, 1.807) is 27.0 Å². The summed E-state index contributed by atoms with van der Waals surface area (Å²) in [4.78, 5) is 26.3. The largest absolute Gasteiger partial charge is 0.362 e. The number of aromatic amines is 1. The molecule has 0 saturated carbocycles. The number of sulfonamides is 1. The van der Waals surface area contributed by atoms with Gasteiger partial charge in [0.2, 0.25) is 0 Å². The third-order valence-corrected chi connectivity index (χ3v) is 5.95. The van der Waals surface area contributed by atoms with E-state index in [1.165, 1.54) is 18.2 Å². The van der Waals surface area contributed by atoms with E-state index in [0.717, 1.165) is 13.0 Å². The predicted octanol–water partition coefficient (Wildman–Crippen LogP) is 1.45. The van der Waals surface area contributed by atoms with Gasteiger partial charge in [0, 0.05) is 25.7 Å². The SMILES string of the molecule is Cc1n[nH]c(=O)c(C(=O)Nc2cccc(S(=O)(=O)/N=C3\CCCN3C)c2)c1C. The molecule has 1 fully saturated rings. The summed E-state index contributed by atoms with van der Waals surface area (Å²) in [5.41, 5.74) is 0.561. The first-order chi connectivity index (χ1) is 13.2. The van der Waals surface area contributed by atoms with E-state index in [1.807, 2.05) is 4.90 Å². The first-order valence-corrected chi connectivity index (χ1v) is 10.2. The normalized spacial score (nSPS) is 15.8. The molecule has 148 valence electrons. The number of rotatable bonds is 4. The molecule has 2 N–H and O–H groups in total. The van der Waals surface area contributed by atoms with Gasteiger partial charge in [-0.05, 0) is 44.0 Å². The molecule has 0 atom stereocenters. The molecule has 28 heavy (non-hydrogen) atoms. The minimum absolute atomic E-state index is 0.0327. The standard InChI is InChI=1S/C18H21N5O4S/c1-11-12(2)20-21-18(25)16(11)17(24)19-13-6-4-7-14(10-13)28(26,27)22-15-8-5-9-23(15)3/h4,6-7,10H,5,8-9H2,1-3H3,(H,19,24)(H,21,25)/b22-15+. The number of hydrogen-bond donors (Lipinski definition) is 2. The number of aryl methyl sites for hydroxylation is 1. The van der Waals surface area contributed by atoms with Crippen molar-refractivity contribution in [3.63, 3.8) is 0 Å². The second kappa shape index (κ2) is 7.55. The number of likely N-dealkylation sites (tertiary alicyclic amines) is 1. The molecule has 1 aromatic carbocycles. The van der Waals surface area contributed by atoms with Gasteiger partial charge in [-0.25, -0.2) is 5.10 Å². The van der Waals surface area contributed by atoms with Crippen molar-refractivity contribution in [2.24, 2.45) is 4.40 Å². The lowest BCUT2D eigenvalue weighted by molar-refractivity contribution is 0.102. The van der Waals surface area contributed by atoms with Crippen LogP contribution in [0.15, 0.2) is 38.4 Å². The molecule has 1 aliphatic heterocycles. The molecular weight excluding hydrogens is 382 g/mol. The second-order valence-corrected chi connectivity index (χ2v) is 8.23. The molecular formula is C18H21N5O4S. The molecule has 10 heteroatoms. The zero-order valence-corrected chi connectivity index (χ0v) is 16.6. The van der Waals surface area contributed by atoms with Crippen LogP contribution in [0.1, 0.15) is 34.5 Å². The molecule has 0 unspecified atom stereocenters. The van der Waals surface area contributed by atoms with Crippen molar-refractivity contribution in [3.8, 4) is 0 Å². The van der Waals surface area contributed by atoms with Gasteiger partial charge in [-0.2, -0.15) is 13.5 Å². The number of H-pyrrole nitrogens is 1. The highest BCUT2D eigenvalue weighted by Crippen LogP contribution is 2.20. The van der Waals surface area contributed by atoms with Crippen LogP contribution >= 0.6 is 0 Å². The van der Waals surface area contributed by atoms with Crippen LogP contribution in [0.3, 0.4) is 0 Å². The van der Waals surface area contributed by atoms with E-state index >= 15 is 0 Å². The monoisotopic (exact) mass is 403 g/mol. The van der Waals surface area contributed by atoms with Gasteiger partial charge in [-0.15, -0.1) is 4.40 Å². The van der Waals surface area contributed by atoms with Gasteiger partial charge in [0.25, 0.3) is 21.5 Å².